The van der Waals surface area contributed by atoms with E-state index in [1.165, 1.54) is 6.07 Å². The first-order valence-electron chi connectivity index (χ1n) is 5.33. The minimum Gasteiger partial charge on any atom is -0.465 e. The number of hydrogen-bond acceptors (Lipinski definition) is 1. The molecule has 2 rings (SSSR count). The second kappa shape index (κ2) is 4.88. The van der Waals surface area contributed by atoms with Crippen molar-refractivity contribution in [1.29, 1.82) is 0 Å². The number of amides is 1. The van der Waals surface area contributed by atoms with E-state index in [1.807, 2.05) is 0 Å². The van der Waals surface area contributed by atoms with Crippen LogP contribution in [0.5, 0.6) is 0 Å². The largest absolute Gasteiger partial charge is 0.465 e. The van der Waals surface area contributed by atoms with Gasteiger partial charge in [-0.15, -0.1) is 0 Å². The highest BCUT2D eigenvalue weighted by molar-refractivity contribution is 9.10. The fourth-order valence-electron chi connectivity index (χ4n) is 1.84. The van der Waals surface area contributed by atoms with E-state index >= 15 is 0 Å². The summed E-state index contributed by atoms with van der Waals surface area (Å²) in [4.78, 5) is 11.9. The standard InChI is InChI=1S/C12H9BrF3NO2/c13-10-2-1-8(12(14,15)16)5-9(10)7-3-4-17(6-7)11(18)19/h1-3,5H,4,6H2,(H,18,19). The Balaban J connectivity index is 2.33. The van der Waals surface area contributed by atoms with Crippen LogP contribution in [0.15, 0.2) is 28.7 Å². The number of benzene rings is 1. The zero-order valence-corrected chi connectivity index (χ0v) is 11.1. The number of nitrogens with zero attached hydrogens (tertiary/aromatic N) is 1. The zero-order chi connectivity index (χ0) is 14.2. The van der Waals surface area contributed by atoms with Crippen LogP contribution in [0.4, 0.5) is 18.0 Å². The summed E-state index contributed by atoms with van der Waals surface area (Å²) >= 11 is 3.19. The number of carboxylic acid groups (broad SMARTS) is 1. The summed E-state index contributed by atoms with van der Waals surface area (Å²) in [6.45, 7) is 0.280. The summed E-state index contributed by atoms with van der Waals surface area (Å²) in [5, 5.41) is 8.83. The minimum atomic E-state index is -4.42. The minimum absolute atomic E-state index is 0.0925. The van der Waals surface area contributed by atoms with Crippen molar-refractivity contribution in [2.24, 2.45) is 0 Å². The summed E-state index contributed by atoms with van der Waals surface area (Å²) in [7, 11) is 0. The molecule has 0 unspecified atom stereocenters. The number of alkyl halides is 3. The third kappa shape index (κ3) is 2.91. The van der Waals surface area contributed by atoms with E-state index in [0.717, 1.165) is 17.0 Å². The molecule has 3 nitrogen and oxygen atoms in total. The third-order valence-electron chi connectivity index (χ3n) is 2.83. The van der Waals surface area contributed by atoms with Gasteiger partial charge < -0.3 is 10.0 Å². The molecule has 0 saturated heterocycles. The van der Waals surface area contributed by atoms with Crippen molar-refractivity contribution in [3.8, 4) is 0 Å². The quantitative estimate of drug-likeness (QED) is 0.846. The Morgan fingerprint density at radius 3 is 2.58 bits per heavy atom. The SMILES string of the molecule is O=C(O)N1CC=C(c2cc(C(F)(F)F)ccc2Br)C1. The van der Waals surface area contributed by atoms with E-state index in [2.05, 4.69) is 15.9 Å². The first-order valence-corrected chi connectivity index (χ1v) is 6.12. The second-order valence-electron chi connectivity index (χ2n) is 4.08. The van der Waals surface area contributed by atoms with Gasteiger partial charge in [0.15, 0.2) is 0 Å². The Morgan fingerprint density at radius 1 is 1.37 bits per heavy atom. The Bertz CT molecular complexity index is 554. The molecule has 1 aliphatic rings. The summed E-state index contributed by atoms with van der Waals surface area (Å²) in [6, 6.07) is 3.34. The van der Waals surface area contributed by atoms with Gasteiger partial charge in [0, 0.05) is 17.6 Å². The smallest absolute Gasteiger partial charge is 0.416 e. The van der Waals surface area contributed by atoms with Crippen molar-refractivity contribution in [2.75, 3.05) is 13.1 Å². The van der Waals surface area contributed by atoms with Crippen molar-refractivity contribution in [3.05, 3.63) is 39.9 Å². The van der Waals surface area contributed by atoms with Gasteiger partial charge in [-0.2, -0.15) is 13.2 Å². The van der Waals surface area contributed by atoms with Gasteiger partial charge in [-0.1, -0.05) is 22.0 Å². The monoisotopic (exact) mass is 335 g/mol. The van der Waals surface area contributed by atoms with Crippen LogP contribution < -0.4 is 0 Å². The van der Waals surface area contributed by atoms with E-state index < -0.39 is 17.8 Å². The van der Waals surface area contributed by atoms with E-state index in [0.29, 0.717) is 15.6 Å². The van der Waals surface area contributed by atoms with Gasteiger partial charge in [-0.05, 0) is 29.3 Å². The average Bonchev–Trinajstić information content (AvgIpc) is 2.77. The maximum absolute atomic E-state index is 12.7. The molecule has 0 spiro atoms. The summed E-state index contributed by atoms with van der Waals surface area (Å²) < 4.78 is 38.5. The Hall–Kier alpha value is -1.50. The fraction of sp³-hybridized carbons (Fsp3) is 0.250. The Morgan fingerprint density at radius 2 is 2.05 bits per heavy atom. The van der Waals surface area contributed by atoms with Crippen molar-refractivity contribution in [3.63, 3.8) is 0 Å². The van der Waals surface area contributed by atoms with Crippen LogP contribution in [0.3, 0.4) is 0 Å². The van der Waals surface area contributed by atoms with Crippen LogP contribution in [0.25, 0.3) is 5.57 Å². The maximum Gasteiger partial charge on any atom is 0.416 e. The molecule has 0 saturated carbocycles. The van der Waals surface area contributed by atoms with E-state index in [1.54, 1.807) is 6.08 Å². The van der Waals surface area contributed by atoms with Gasteiger partial charge >= 0.3 is 12.3 Å². The second-order valence-corrected chi connectivity index (χ2v) is 4.94. The van der Waals surface area contributed by atoms with Gasteiger partial charge in [0.25, 0.3) is 0 Å². The molecule has 7 heteroatoms. The normalized spacial score (nSPS) is 15.6. The first-order chi connectivity index (χ1) is 8.79. The van der Waals surface area contributed by atoms with Crippen molar-refractivity contribution in [1.82, 2.24) is 4.90 Å². The average molecular weight is 336 g/mol. The molecule has 19 heavy (non-hydrogen) atoms. The van der Waals surface area contributed by atoms with Crippen LogP contribution in [-0.2, 0) is 6.18 Å². The summed E-state index contributed by atoms with van der Waals surface area (Å²) in [5.74, 6) is 0. The third-order valence-corrected chi connectivity index (χ3v) is 3.52. The van der Waals surface area contributed by atoms with Crippen molar-refractivity contribution in [2.45, 2.75) is 6.18 Å². The molecule has 1 aliphatic heterocycles. The first kappa shape index (κ1) is 13.9. The molecular weight excluding hydrogens is 327 g/mol. The zero-order valence-electron chi connectivity index (χ0n) is 9.54. The molecule has 1 aromatic carbocycles. The predicted molar refractivity (Wildman–Crippen MR) is 66.7 cm³/mol. The summed E-state index contributed by atoms with van der Waals surface area (Å²) in [6.07, 6.45) is -3.88. The molecular formula is C12H9BrF3NO2. The topological polar surface area (TPSA) is 40.5 Å². The summed E-state index contributed by atoms with van der Waals surface area (Å²) in [5.41, 5.74) is 0.194. The molecule has 1 N–H and O–H groups in total. The number of hydrogen-bond donors (Lipinski definition) is 1. The van der Waals surface area contributed by atoms with Gasteiger partial charge in [-0.3, -0.25) is 0 Å². The molecule has 102 valence electrons. The van der Waals surface area contributed by atoms with Crippen LogP contribution in [0, 0.1) is 0 Å². The molecule has 0 aromatic heterocycles. The maximum atomic E-state index is 12.7. The van der Waals surface area contributed by atoms with Gasteiger partial charge in [0.2, 0.25) is 0 Å². The fourth-order valence-corrected chi connectivity index (χ4v) is 2.34. The molecule has 1 amide bonds. The van der Waals surface area contributed by atoms with Crippen molar-refractivity contribution < 1.29 is 23.1 Å². The lowest BCUT2D eigenvalue weighted by atomic mass is 10.0. The molecule has 1 aromatic rings. The van der Waals surface area contributed by atoms with Gasteiger partial charge in [0.1, 0.15) is 0 Å². The lowest BCUT2D eigenvalue weighted by molar-refractivity contribution is -0.137. The number of carbonyl (C=O) groups is 1. The van der Waals surface area contributed by atoms with Crippen LogP contribution in [0.1, 0.15) is 11.1 Å². The van der Waals surface area contributed by atoms with E-state index in [-0.39, 0.29) is 13.1 Å². The highest BCUT2D eigenvalue weighted by atomic mass is 79.9. The molecule has 0 atom stereocenters. The predicted octanol–water partition coefficient (Wildman–Crippen LogP) is 3.84. The molecule has 0 aliphatic carbocycles. The molecule has 0 fully saturated rings. The van der Waals surface area contributed by atoms with Gasteiger partial charge in [0.05, 0.1) is 5.56 Å². The van der Waals surface area contributed by atoms with Crippen molar-refractivity contribution >= 4 is 27.6 Å². The molecule has 0 radical (unpaired) electrons. The molecule has 0 bridgehead atoms. The number of rotatable bonds is 1. The highest BCUT2D eigenvalue weighted by Crippen LogP contribution is 2.35. The highest BCUT2D eigenvalue weighted by Gasteiger charge is 2.31. The molecule has 1 heterocycles. The Kier molecular flexibility index (Phi) is 3.58. The Labute approximate surface area is 115 Å². The number of halogens is 4. The van der Waals surface area contributed by atoms with Gasteiger partial charge in [-0.25, -0.2) is 4.79 Å². The van der Waals surface area contributed by atoms with Crippen LogP contribution in [-0.4, -0.2) is 29.2 Å². The van der Waals surface area contributed by atoms with E-state index in [9.17, 15) is 18.0 Å². The lowest BCUT2D eigenvalue weighted by Crippen LogP contribution is -2.26. The lowest BCUT2D eigenvalue weighted by Gasteiger charge is -2.14. The van der Waals surface area contributed by atoms with E-state index in [4.69, 9.17) is 5.11 Å². The van der Waals surface area contributed by atoms with Crippen LogP contribution >= 0.6 is 15.9 Å². The van der Waals surface area contributed by atoms with Crippen LogP contribution in [0.2, 0.25) is 0 Å².